The molecule has 3 aromatic rings. The summed E-state index contributed by atoms with van der Waals surface area (Å²) in [5.74, 6) is 3.83. The van der Waals surface area contributed by atoms with Crippen molar-refractivity contribution < 1.29 is 18.5 Å². The van der Waals surface area contributed by atoms with E-state index in [0.717, 1.165) is 101 Å². The molecule has 1 amide bonds. The maximum Gasteiger partial charge on any atom is 0.231 e. The molecule has 39 heavy (non-hydrogen) atoms. The van der Waals surface area contributed by atoms with Gasteiger partial charge in [-0.1, -0.05) is 22.9 Å². The van der Waals surface area contributed by atoms with Crippen LogP contribution in [0.2, 0.25) is 0 Å². The van der Waals surface area contributed by atoms with Gasteiger partial charge in [0.2, 0.25) is 17.7 Å². The van der Waals surface area contributed by atoms with Crippen LogP contribution in [-0.2, 0) is 16.1 Å². The molecule has 0 spiro atoms. The summed E-state index contributed by atoms with van der Waals surface area (Å²) < 4.78 is 17.1. The minimum atomic E-state index is 0.0711. The summed E-state index contributed by atoms with van der Waals surface area (Å²) in [6.07, 6.45) is 5.58. The first-order valence-electron chi connectivity index (χ1n) is 14.5. The van der Waals surface area contributed by atoms with Gasteiger partial charge in [0.15, 0.2) is 5.82 Å². The fraction of sp³-hybridized carbons (Fsp3) is 0.600. The van der Waals surface area contributed by atoms with Gasteiger partial charge in [-0.15, -0.1) is 0 Å². The third-order valence-corrected chi connectivity index (χ3v) is 8.59. The molecule has 3 aliphatic rings. The molecule has 208 valence electrons. The topological polar surface area (TPSA) is 97.7 Å². The van der Waals surface area contributed by atoms with Crippen molar-refractivity contribution in [1.82, 2.24) is 24.9 Å². The Labute approximate surface area is 229 Å². The highest BCUT2D eigenvalue weighted by Crippen LogP contribution is 2.31. The average Bonchev–Trinajstić information content (AvgIpc) is 3.61. The van der Waals surface area contributed by atoms with Crippen LogP contribution in [0.15, 0.2) is 33.2 Å². The van der Waals surface area contributed by atoms with E-state index in [2.05, 4.69) is 29.1 Å². The number of likely N-dealkylation sites (tertiary alicyclic amines) is 2. The predicted octanol–water partition coefficient (Wildman–Crippen LogP) is 4.85. The number of aromatic nitrogens is 3. The van der Waals surface area contributed by atoms with Crippen molar-refractivity contribution in [3.8, 4) is 11.5 Å². The molecule has 0 aliphatic carbocycles. The van der Waals surface area contributed by atoms with Crippen molar-refractivity contribution in [2.24, 2.45) is 5.92 Å². The van der Waals surface area contributed by atoms with E-state index in [0.29, 0.717) is 24.2 Å². The lowest BCUT2D eigenvalue weighted by molar-refractivity contribution is -0.138. The Morgan fingerprint density at radius 1 is 1.00 bits per heavy atom. The van der Waals surface area contributed by atoms with Gasteiger partial charge in [0.25, 0.3) is 0 Å². The van der Waals surface area contributed by atoms with Gasteiger partial charge in [0, 0.05) is 50.2 Å². The summed E-state index contributed by atoms with van der Waals surface area (Å²) in [5.41, 5.74) is 3.18. The van der Waals surface area contributed by atoms with E-state index in [-0.39, 0.29) is 17.7 Å². The molecular weight excluding hydrogens is 494 g/mol. The SMILES string of the molecule is Cc1cccc(-c2nc(CN3CCC(C(=O)N4CCCC(c5nc(C6CCOCC6)no5)C4)CC3)c(C)o2)c1. The highest BCUT2D eigenvalue weighted by molar-refractivity contribution is 5.79. The van der Waals surface area contributed by atoms with Crippen LogP contribution in [0.25, 0.3) is 11.5 Å². The van der Waals surface area contributed by atoms with Crippen LogP contribution in [0.3, 0.4) is 0 Å². The molecule has 3 saturated heterocycles. The molecule has 5 heterocycles. The number of nitrogens with zero attached hydrogens (tertiary/aromatic N) is 5. The van der Waals surface area contributed by atoms with E-state index in [1.54, 1.807) is 0 Å². The zero-order valence-electron chi connectivity index (χ0n) is 23.1. The summed E-state index contributed by atoms with van der Waals surface area (Å²) >= 11 is 0. The van der Waals surface area contributed by atoms with E-state index >= 15 is 0 Å². The van der Waals surface area contributed by atoms with Gasteiger partial charge in [0.05, 0.1) is 11.6 Å². The summed E-state index contributed by atoms with van der Waals surface area (Å²) in [5, 5.41) is 4.28. The number of aryl methyl sites for hydroxylation is 2. The van der Waals surface area contributed by atoms with Crippen molar-refractivity contribution in [3.63, 3.8) is 0 Å². The molecule has 0 saturated carbocycles. The third kappa shape index (κ3) is 5.94. The Kier molecular flexibility index (Phi) is 7.79. The summed E-state index contributed by atoms with van der Waals surface area (Å²) in [4.78, 5) is 27.5. The molecule has 0 bridgehead atoms. The molecule has 9 nitrogen and oxygen atoms in total. The van der Waals surface area contributed by atoms with E-state index in [1.807, 2.05) is 24.0 Å². The summed E-state index contributed by atoms with van der Waals surface area (Å²) in [6, 6.07) is 8.24. The van der Waals surface area contributed by atoms with Crippen molar-refractivity contribution in [2.75, 3.05) is 39.4 Å². The van der Waals surface area contributed by atoms with Gasteiger partial charge in [-0.2, -0.15) is 4.98 Å². The molecule has 2 aromatic heterocycles. The number of hydrogen-bond acceptors (Lipinski definition) is 8. The standard InChI is InChI=1S/C30H39N5O4/c1-20-5-3-6-24(17-20)28-31-26(21(2)38-28)19-34-13-8-23(9-14-34)30(36)35-12-4-7-25(18-35)29-32-27(33-39-29)22-10-15-37-16-11-22/h3,5-6,17,22-23,25H,4,7-16,18-19H2,1-2H3. The lowest BCUT2D eigenvalue weighted by atomic mass is 9.92. The second-order valence-electron chi connectivity index (χ2n) is 11.4. The van der Waals surface area contributed by atoms with Crippen LogP contribution in [0.1, 0.15) is 79.1 Å². The fourth-order valence-corrected chi connectivity index (χ4v) is 6.20. The molecule has 1 aromatic carbocycles. The number of piperidine rings is 2. The molecule has 0 radical (unpaired) electrons. The van der Waals surface area contributed by atoms with Crippen LogP contribution in [0.4, 0.5) is 0 Å². The number of rotatable bonds is 6. The minimum Gasteiger partial charge on any atom is -0.441 e. The van der Waals surface area contributed by atoms with Crippen molar-refractivity contribution in [2.45, 2.75) is 70.8 Å². The van der Waals surface area contributed by atoms with E-state index in [1.165, 1.54) is 5.56 Å². The molecular formula is C30H39N5O4. The number of oxazole rings is 1. The van der Waals surface area contributed by atoms with E-state index in [9.17, 15) is 4.79 Å². The molecule has 1 unspecified atom stereocenters. The van der Waals surface area contributed by atoms with Gasteiger partial charge in [-0.05, 0) is 77.6 Å². The maximum atomic E-state index is 13.5. The Bertz CT molecular complexity index is 1270. The van der Waals surface area contributed by atoms with Crippen molar-refractivity contribution in [1.29, 1.82) is 0 Å². The lowest BCUT2D eigenvalue weighted by Gasteiger charge is -2.37. The Hall–Kier alpha value is -3.04. The van der Waals surface area contributed by atoms with Crippen LogP contribution < -0.4 is 0 Å². The zero-order valence-corrected chi connectivity index (χ0v) is 23.1. The molecule has 3 fully saturated rings. The Balaban J connectivity index is 1.02. The molecule has 0 N–H and O–H groups in total. The monoisotopic (exact) mass is 533 g/mol. The van der Waals surface area contributed by atoms with Crippen LogP contribution in [0, 0.1) is 19.8 Å². The number of carbonyl (C=O) groups is 1. The number of ether oxygens (including phenoxy) is 1. The highest BCUT2D eigenvalue weighted by Gasteiger charge is 2.34. The maximum absolute atomic E-state index is 13.5. The predicted molar refractivity (Wildman–Crippen MR) is 145 cm³/mol. The number of hydrogen-bond donors (Lipinski definition) is 0. The normalized spacial score (nSPS) is 21.9. The fourth-order valence-electron chi connectivity index (χ4n) is 6.20. The second-order valence-corrected chi connectivity index (χ2v) is 11.4. The highest BCUT2D eigenvalue weighted by atomic mass is 16.5. The van der Waals surface area contributed by atoms with Gasteiger partial charge in [-0.3, -0.25) is 9.69 Å². The van der Waals surface area contributed by atoms with Crippen molar-refractivity contribution in [3.05, 3.63) is 53.0 Å². The van der Waals surface area contributed by atoms with E-state index in [4.69, 9.17) is 23.6 Å². The molecule has 3 aliphatic heterocycles. The van der Waals surface area contributed by atoms with Gasteiger partial charge in [-0.25, -0.2) is 4.98 Å². The number of benzene rings is 1. The van der Waals surface area contributed by atoms with Crippen molar-refractivity contribution >= 4 is 5.91 Å². The number of carbonyl (C=O) groups excluding carboxylic acids is 1. The summed E-state index contributed by atoms with van der Waals surface area (Å²) in [7, 11) is 0. The third-order valence-electron chi connectivity index (χ3n) is 8.59. The summed E-state index contributed by atoms with van der Waals surface area (Å²) in [6.45, 7) is 9.59. The lowest BCUT2D eigenvalue weighted by Crippen LogP contribution is -2.45. The minimum absolute atomic E-state index is 0.0711. The second kappa shape index (κ2) is 11.6. The smallest absolute Gasteiger partial charge is 0.231 e. The molecule has 1 atom stereocenters. The molecule has 9 heteroatoms. The van der Waals surface area contributed by atoms with Crippen LogP contribution in [-0.4, -0.2) is 70.2 Å². The quantitative estimate of drug-likeness (QED) is 0.443. The Morgan fingerprint density at radius 3 is 2.62 bits per heavy atom. The van der Waals surface area contributed by atoms with Crippen LogP contribution in [0.5, 0.6) is 0 Å². The number of amides is 1. The first-order chi connectivity index (χ1) is 19.0. The Morgan fingerprint density at radius 2 is 1.82 bits per heavy atom. The van der Waals surface area contributed by atoms with Gasteiger partial charge in [0.1, 0.15) is 5.76 Å². The van der Waals surface area contributed by atoms with E-state index < -0.39 is 0 Å². The first-order valence-corrected chi connectivity index (χ1v) is 14.5. The zero-order chi connectivity index (χ0) is 26.8. The average molecular weight is 534 g/mol. The van der Waals surface area contributed by atoms with Gasteiger partial charge < -0.3 is 18.6 Å². The van der Waals surface area contributed by atoms with Crippen LogP contribution >= 0.6 is 0 Å². The largest absolute Gasteiger partial charge is 0.441 e. The molecule has 6 rings (SSSR count). The van der Waals surface area contributed by atoms with Gasteiger partial charge >= 0.3 is 0 Å². The first kappa shape index (κ1) is 26.2.